The van der Waals surface area contributed by atoms with Crippen LogP contribution in [0.15, 0.2) is 24.5 Å². The van der Waals surface area contributed by atoms with Gasteiger partial charge in [-0.05, 0) is 43.5 Å². The van der Waals surface area contributed by atoms with Crippen LogP contribution < -0.4 is 5.32 Å². The molecular weight excluding hydrogens is 212 g/mol. The van der Waals surface area contributed by atoms with Gasteiger partial charge in [0.25, 0.3) is 0 Å². The number of aromatic nitrogens is 1. The highest BCUT2D eigenvalue weighted by Crippen LogP contribution is 2.45. The molecule has 1 aromatic rings. The molecule has 0 aromatic carbocycles. The second kappa shape index (κ2) is 4.39. The fourth-order valence-corrected chi connectivity index (χ4v) is 3.54. The second-order valence-electron chi connectivity index (χ2n) is 5.42. The van der Waals surface area contributed by atoms with E-state index in [1.165, 1.54) is 18.4 Å². The van der Waals surface area contributed by atoms with Crippen molar-refractivity contribution in [3.05, 3.63) is 30.1 Å². The molecule has 3 heteroatoms. The van der Waals surface area contributed by atoms with Crippen LogP contribution in [0.1, 0.15) is 43.7 Å². The molecule has 0 radical (unpaired) electrons. The van der Waals surface area contributed by atoms with E-state index < -0.39 is 5.60 Å². The van der Waals surface area contributed by atoms with Gasteiger partial charge in [0.15, 0.2) is 0 Å². The van der Waals surface area contributed by atoms with Gasteiger partial charge >= 0.3 is 0 Å². The highest BCUT2D eigenvalue weighted by atomic mass is 16.3. The molecule has 1 aliphatic heterocycles. The first-order valence-electron chi connectivity index (χ1n) is 6.65. The lowest BCUT2D eigenvalue weighted by Gasteiger charge is -2.48. The van der Waals surface area contributed by atoms with Crippen LogP contribution in [0, 0.1) is 5.92 Å². The van der Waals surface area contributed by atoms with E-state index in [1.54, 1.807) is 0 Å². The molecule has 1 aliphatic carbocycles. The first-order chi connectivity index (χ1) is 8.30. The molecule has 3 unspecified atom stereocenters. The predicted octanol–water partition coefficient (Wildman–Crippen LogP) is 2.04. The van der Waals surface area contributed by atoms with Gasteiger partial charge in [-0.15, -0.1) is 0 Å². The van der Waals surface area contributed by atoms with Gasteiger partial charge in [0.1, 0.15) is 0 Å². The maximum atomic E-state index is 10.8. The van der Waals surface area contributed by atoms with Crippen molar-refractivity contribution in [3.8, 4) is 0 Å². The van der Waals surface area contributed by atoms with E-state index in [2.05, 4.69) is 22.4 Å². The zero-order chi connectivity index (χ0) is 11.7. The van der Waals surface area contributed by atoms with E-state index in [0.29, 0.717) is 12.0 Å². The molecule has 3 atom stereocenters. The summed E-state index contributed by atoms with van der Waals surface area (Å²) in [5, 5.41) is 14.3. The van der Waals surface area contributed by atoms with Crippen molar-refractivity contribution in [3.63, 3.8) is 0 Å². The third-order valence-electron chi connectivity index (χ3n) is 4.45. The summed E-state index contributed by atoms with van der Waals surface area (Å²) in [6.45, 7) is 0.917. The number of rotatable bonds is 1. The summed E-state index contributed by atoms with van der Waals surface area (Å²) < 4.78 is 0. The van der Waals surface area contributed by atoms with Gasteiger partial charge in [-0.25, -0.2) is 0 Å². The largest absolute Gasteiger partial charge is 0.389 e. The van der Waals surface area contributed by atoms with Gasteiger partial charge in [-0.2, -0.15) is 0 Å². The summed E-state index contributed by atoms with van der Waals surface area (Å²) in [6, 6.07) is 4.44. The average molecular weight is 232 g/mol. The zero-order valence-electron chi connectivity index (χ0n) is 10.1. The molecule has 1 saturated heterocycles. The summed E-state index contributed by atoms with van der Waals surface area (Å²) in [7, 11) is 0. The summed E-state index contributed by atoms with van der Waals surface area (Å²) in [5.41, 5.74) is 0.835. The number of aliphatic hydroxyl groups is 1. The highest BCUT2D eigenvalue weighted by molar-refractivity contribution is 5.19. The van der Waals surface area contributed by atoms with E-state index in [-0.39, 0.29) is 0 Å². The fraction of sp³-hybridized carbons (Fsp3) is 0.643. The molecule has 0 amide bonds. The van der Waals surface area contributed by atoms with Crippen molar-refractivity contribution >= 4 is 0 Å². The van der Waals surface area contributed by atoms with Gasteiger partial charge in [0.2, 0.25) is 0 Å². The minimum atomic E-state index is -0.433. The first kappa shape index (κ1) is 11.2. The van der Waals surface area contributed by atoms with Crippen molar-refractivity contribution in [2.24, 2.45) is 5.92 Å². The predicted molar refractivity (Wildman–Crippen MR) is 66.5 cm³/mol. The van der Waals surface area contributed by atoms with Crippen molar-refractivity contribution in [1.82, 2.24) is 10.3 Å². The summed E-state index contributed by atoms with van der Waals surface area (Å²) in [6.07, 6.45) is 9.12. The Kier molecular flexibility index (Phi) is 2.89. The molecular formula is C14H20N2O. The van der Waals surface area contributed by atoms with E-state index in [0.717, 1.165) is 25.8 Å². The van der Waals surface area contributed by atoms with Gasteiger partial charge in [-0.3, -0.25) is 4.98 Å². The summed E-state index contributed by atoms with van der Waals surface area (Å²) in [4.78, 5) is 4.07. The Morgan fingerprint density at radius 2 is 2.06 bits per heavy atom. The van der Waals surface area contributed by atoms with Crippen LogP contribution in [0.4, 0.5) is 0 Å². The Labute approximate surface area is 102 Å². The minimum absolute atomic E-state index is 0.303. The Morgan fingerprint density at radius 3 is 2.88 bits per heavy atom. The molecule has 17 heavy (non-hydrogen) atoms. The van der Waals surface area contributed by atoms with Gasteiger partial charge in [0, 0.05) is 24.4 Å². The maximum Gasteiger partial charge on any atom is 0.0706 e. The lowest BCUT2D eigenvalue weighted by Crippen LogP contribution is -2.53. The zero-order valence-corrected chi connectivity index (χ0v) is 10.1. The van der Waals surface area contributed by atoms with Crippen LogP contribution in [-0.4, -0.2) is 22.2 Å². The molecule has 3 nitrogen and oxygen atoms in total. The standard InChI is InChI=1S/C14H20N2O/c17-14-6-2-1-3-12(14)13(16-10-7-14)11-4-8-15-9-5-11/h4-5,8-9,12-13,16-17H,1-3,6-7,10H2. The highest BCUT2D eigenvalue weighted by Gasteiger charge is 2.45. The second-order valence-corrected chi connectivity index (χ2v) is 5.42. The normalized spacial score (nSPS) is 37.5. The van der Waals surface area contributed by atoms with Crippen LogP contribution in [0.2, 0.25) is 0 Å². The van der Waals surface area contributed by atoms with E-state index in [4.69, 9.17) is 0 Å². The molecule has 2 N–H and O–H groups in total. The topological polar surface area (TPSA) is 45.2 Å². The van der Waals surface area contributed by atoms with E-state index >= 15 is 0 Å². The van der Waals surface area contributed by atoms with Crippen molar-refractivity contribution in [2.45, 2.75) is 43.7 Å². The van der Waals surface area contributed by atoms with Crippen molar-refractivity contribution < 1.29 is 5.11 Å². The molecule has 3 rings (SSSR count). The number of hydrogen-bond acceptors (Lipinski definition) is 3. The van der Waals surface area contributed by atoms with Crippen LogP contribution >= 0.6 is 0 Å². The van der Waals surface area contributed by atoms with Gasteiger partial charge in [-0.1, -0.05) is 12.8 Å². The van der Waals surface area contributed by atoms with E-state index in [1.807, 2.05) is 12.4 Å². The molecule has 1 saturated carbocycles. The molecule has 92 valence electrons. The Hall–Kier alpha value is -0.930. The third kappa shape index (κ3) is 1.98. The minimum Gasteiger partial charge on any atom is -0.389 e. The monoisotopic (exact) mass is 232 g/mol. The first-order valence-corrected chi connectivity index (χ1v) is 6.65. The van der Waals surface area contributed by atoms with Crippen molar-refractivity contribution in [1.29, 1.82) is 0 Å². The molecule has 2 fully saturated rings. The Bertz CT molecular complexity index is 377. The number of piperidine rings is 1. The van der Waals surface area contributed by atoms with Crippen molar-refractivity contribution in [2.75, 3.05) is 6.54 Å². The lowest BCUT2D eigenvalue weighted by molar-refractivity contribution is -0.0861. The number of nitrogens with one attached hydrogen (secondary N) is 1. The Morgan fingerprint density at radius 1 is 1.24 bits per heavy atom. The van der Waals surface area contributed by atoms with Gasteiger partial charge in [0.05, 0.1) is 5.60 Å². The number of hydrogen-bond donors (Lipinski definition) is 2. The summed E-state index contributed by atoms with van der Waals surface area (Å²) >= 11 is 0. The quantitative estimate of drug-likeness (QED) is 0.779. The smallest absolute Gasteiger partial charge is 0.0706 e. The Balaban J connectivity index is 1.89. The average Bonchev–Trinajstić information content (AvgIpc) is 2.38. The van der Waals surface area contributed by atoms with E-state index in [9.17, 15) is 5.11 Å². The maximum absolute atomic E-state index is 10.8. The summed E-state index contributed by atoms with van der Waals surface area (Å²) in [5.74, 6) is 0.368. The van der Waals surface area contributed by atoms with Crippen LogP contribution in [-0.2, 0) is 0 Å². The number of fused-ring (bicyclic) bond motifs is 1. The molecule has 1 aromatic heterocycles. The molecule has 0 spiro atoms. The van der Waals surface area contributed by atoms with Gasteiger partial charge < -0.3 is 10.4 Å². The van der Waals surface area contributed by atoms with Crippen LogP contribution in [0.5, 0.6) is 0 Å². The lowest BCUT2D eigenvalue weighted by atomic mass is 9.67. The number of pyridine rings is 1. The molecule has 0 bridgehead atoms. The fourth-order valence-electron chi connectivity index (χ4n) is 3.54. The van der Waals surface area contributed by atoms with Crippen LogP contribution in [0.3, 0.4) is 0 Å². The third-order valence-corrected chi connectivity index (χ3v) is 4.45. The molecule has 2 aliphatic rings. The molecule has 2 heterocycles. The number of nitrogens with zero attached hydrogens (tertiary/aromatic N) is 1. The van der Waals surface area contributed by atoms with Crippen LogP contribution in [0.25, 0.3) is 0 Å². The SMILES string of the molecule is OC12CCCCC1C(c1ccncc1)NCC2.